The Balaban J connectivity index is -0.0000000800. The summed E-state index contributed by atoms with van der Waals surface area (Å²) in [7, 11) is 0. The first-order chi connectivity index (χ1) is 2.41. The van der Waals surface area contributed by atoms with Crippen molar-refractivity contribution in [2.45, 2.75) is 13.8 Å². The number of halogens is 2. The average molecular weight is 235 g/mol. The van der Waals surface area contributed by atoms with E-state index in [4.69, 9.17) is 0 Å². The minimum absolute atomic E-state index is 0. The molecule has 48 valence electrons. The number of rotatable bonds is 2. The molecule has 0 saturated heterocycles. The maximum Gasteiger partial charge on any atom is -0.00775 e. The minimum Gasteiger partial charge on any atom is -0.317 e. The minimum atomic E-state index is 0. The lowest BCUT2D eigenvalue weighted by atomic mass is 10.7. The highest BCUT2D eigenvalue weighted by Crippen LogP contribution is 1.47. The van der Waals surface area contributed by atoms with Crippen LogP contribution in [0.5, 0.6) is 0 Å². The molecule has 3 heteroatoms. The highest BCUT2D eigenvalue weighted by Gasteiger charge is 1.62. The van der Waals surface area contributed by atoms with Crippen molar-refractivity contribution >= 4 is 34.0 Å². The molecular formula is C4H13Br2N. The molecule has 0 aliphatic rings. The Morgan fingerprint density at radius 2 is 1.29 bits per heavy atom. The summed E-state index contributed by atoms with van der Waals surface area (Å²) in [5.41, 5.74) is 0. The molecule has 1 nitrogen and oxygen atoms in total. The molecule has 0 unspecified atom stereocenters. The van der Waals surface area contributed by atoms with Gasteiger partial charge in [-0.3, -0.25) is 0 Å². The fourth-order valence-electron chi connectivity index (χ4n) is 0.250. The first-order valence-electron chi connectivity index (χ1n) is 2.12. The van der Waals surface area contributed by atoms with Gasteiger partial charge < -0.3 is 5.32 Å². The third-order valence-electron chi connectivity index (χ3n) is 0.500. The van der Waals surface area contributed by atoms with Crippen LogP contribution in [-0.4, -0.2) is 13.1 Å². The summed E-state index contributed by atoms with van der Waals surface area (Å²) in [5.74, 6) is 0. The lowest BCUT2D eigenvalue weighted by Gasteiger charge is -1.86. The van der Waals surface area contributed by atoms with E-state index in [-0.39, 0.29) is 34.0 Å². The van der Waals surface area contributed by atoms with Crippen molar-refractivity contribution in [3.8, 4) is 0 Å². The van der Waals surface area contributed by atoms with Gasteiger partial charge in [0.2, 0.25) is 0 Å². The van der Waals surface area contributed by atoms with Crippen molar-refractivity contribution in [1.29, 1.82) is 0 Å². The summed E-state index contributed by atoms with van der Waals surface area (Å²) in [6.45, 7) is 6.39. The van der Waals surface area contributed by atoms with Crippen LogP contribution >= 0.6 is 34.0 Å². The molecule has 0 fully saturated rings. The number of nitrogens with one attached hydrogen (secondary N) is 1. The van der Waals surface area contributed by atoms with Crippen LogP contribution < -0.4 is 5.32 Å². The molecule has 0 heterocycles. The van der Waals surface area contributed by atoms with Gasteiger partial charge in [0, 0.05) is 0 Å². The highest BCUT2D eigenvalue weighted by molar-refractivity contribution is 8.93. The van der Waals surface area contributed by atoms with Crippen molar-refractivity contribution < 1.29 is 0 Å². The van der Waals surface area contributed by atoms with Gasteiger partial charge in [-0.05, 0) is 13.1 Å². The molecule has 0 aliphatic carbocycles. The van der Waals surface area contributed by atoms with Gasteiger partial charge in [0.1, 0.15) is 0 Å². The summed E-state index contributed by atoms with van der Waals surface area (Å²) < 4.78 is 0. The van der Waals surface area contributed by atoms with Gasteiger partial charge in [-0.15, -0.1) is 34.0 Å². The standard InChI is InChI=1S/C4H11N.2BrH/c1-3-5-4-2;;/h5H,3-4H2,1-2H3;2*1H. The quantitative estimate of drug-likeness (QED) is 0.768. The molecule has 0 amide bonds. The van der Waals surface area contributed by atoms with E-state index >= 15 is 0 Å². The molecule has 0 spiro atoms. The summed E-state index contributed by atoms with van der Waals surface area (Å²) >= 11 is 0. The van der Waals surface area contributed by atoms with Gasteiger partial charge in [-0.2, -0.15) is 0 Å². The third kappa shape index (κ3) is 19.6. The first-order valence-corrected chi connectivity index (χ1v) is 2.12. The SMILES string of the molecule is Br.Br.CCNCC. The van der Waals surface area contributed by atoms with E-state index in [9.17, 15) is 0 Å². The summed E-state index contributed by atoms with van der Waals surface area (Å²) in [5, 5.41) is 3.11. The van der Waals surface area contributed by atoms with Crippen LogP contribution in [0.25, 0.3) is 0 Å². The van der Waals surface area contributed by atoms with Crippen LogP contribution in [0.15, 0.2) is 0 Å². The van der Waals surface area contributed by atoms with E-state index < -0.39 is 0 Å². The topological polar surface area (TPSA) is 12.0 Å². The van der Waals surface area contributed by atoms with Gasteiger partial charge in [-0.25, -0.2) is 0 Å². The lowest BCUT2D eigenvalue weighted by Crippen LogP contribution is -2.09. The first kappa shape index (κ1) is 15.7. The maximum atomic E-state index is 3.11. The second kappa shape index (κ2) is 15.8. The van der Waals surface area contributed by atoms with Crippen molar-refractivity contribution in [2.24, 2.45) is 0 Å². The Kier molecular flexibility index (Phi) is 35.3. The normalized spacial score (nSPS) is 6.00. The van der Waals surface area contributed by atoms with Gasteiger partial charge >= 0.3 is 0 Å². The molecule has 0 aromatic heterocycles. The van der Waals surface area contributed by atoms with E-state index in [1.165, 1.54) is 0 Å². The lowest BCUT2D eigenvalue weighted by molar-refractivity contribution is 0.762. The molecule has 7 heavy (non-hydrogen) atoms. The molecule has 0 atom stereocenters. The van der Waals surface area contributed by atoms with Crippen molar-refractivity contribution in [3.63, 3.8) is 0 Å². The van der Waals surface area contributed by atoms with Crippen molar-refractivity contribution in [2.75, 3.05) is 13.1 Å². The monoisotopic (exact) mass is 233 g/mol. The van der Waals surface area contributed by atoms with Crippen molar-refractivity contribution in [3.05, 3.63) is 0 Å². The highest BCUT2D eigenvalue weighted by atomic mass is 79.9. The summed E-state index contributed by atoms with van der Waals surface area (Å²) in [6.07, 6.45) is 0. The molecule has 0 rings (SSSR count). The van der Waals surface area contributed by atoms with Crippen LogP contribution in [0, 0.1) is 0 Å². The van der Waals surface area contributed by atoms with Gasteiger partial charge in [-0.1, -0.05) is 13.8 Å². The van der Waals surface area contributed by atoms with E-state index in [1.54, 1.807) is 0 Å². The zero-order chi connectivity index (χ0) is 4.12. The summed E-state index contributed by atoms with van der Waals surface area (Å²) in [4.78, 5) is 0. The van der Waals surface area contributed by atoms with Crippen LogP contribution in [0.2, 0.25) is 0 Å². The fraction of sp³-hybridized carbons (Fsp3) is 1.00. The molecule has 0 aromatic carbocycles. The van der Waals surface area contributed by atoms with Crippen LogP contribution in [0.1, 0.15) is 13.8 Å². The smallest absolute Gasteiger partial charge is 0.00775 e. The zero-order valence-electron chi connectivity index (χ0n) is 4.73. The predicted molar refractivity (Wildman–Crippen MR) is 44.9 cm³/mol. The Morgan fingerprint density at radius 3 is 1.29 bits per heavy atom. The summed E-state index contributed by atoms with van der Waals surface area (Å²) in [6, 6.07) is 0. The van der Waals surface area contributed by atoms with Crippen LogP contribution in [0.3, 0.4) is 0 Å². The van der Waals surface area contributed by atoms with Crippen LogP contribution in [-0.2, 0) is 0 Å². The molecule has 0 aromatic rings. The molecule has 0 radical (unpaired) electrons. The Hall–Kier alpha value is 0.920. The number of hydrogen-bond donors (Lipinski definition) is 1. The Morgan fingerprint density at radius 1 is 1.00 bits per heavy atom. The largest absolute Gasteiger partial charge is 0.317 e. The molecule has 1 N–H and O–H groups in total. The number of hydrogen-bond acceptors (Lipinski definition) is 1. The van der Waals surface area contributed by atoms with Crippen molar-refractivity contribution in [1.82, 2.24) is 5.32 Å². The average Bonchev–Trinajstić information content (AvgIpc) is 1.41. The van der Waals surface area contributed by atoms with E-state index in [0.717, 1.165) is 13.1 Å². The molecule has 0 aliphatic heterocycles. The Labute approximate surface area is 66.4 Å². The Bertz CT molecular complexity index is 17.2. The van der Waals surface area contributed by atoms with E-state index in [1.807, 2.05) is 0 Å². The third-order valence-corrected chi connectivity index (χ3v) is 0.500. The van der Waals surface area contributed by atoms with E-state index in [0.29, 0.717) is 0 Å². The van der Waals surface area contributed by atoms with Crippen LogP contribution in [0.4, 0.5) is 0 Å². The zero-order valence-corrected chi connectivity index (χ0v) is 8.16. The van der Waals surface area contributed by atoms with Gasteiger partial charge in [0.25, 0.3) is 0 Å². The second-order valence-corrected chi connectivity index (χ2v) is 0.957. The molecule has 0 bridgehead atoms. The van der Waals surface area contributed by atoms with Gasteiger partial charge in [0.15, 0.2) is 0 Å². The van der Waals surface area contributed by atoms with Gasteiger partial charge in [0.05, 0.1) is 0 Å². The fourth-order valence-corrected chi connectivity index (χ4v) is 0.250. The second-order valence-electron chi connectivity index (χ2n) is 0.957. The molecule has 0 saturated carbocycles. The predicted octanol–water partition coefficient (Wildman–Crippen LogP) is 1.77. The van der Waals surface area contributed by atoms with E-state index in [2.05, 4.69) is 19.2 Å². The molecular weight excluding hydrogens is 222 g/mol. The maximum absolute atomic E-state index is 3.11.